The van der Waals surface area contributed by atoms with E-state index in [9.17, 15) is 4.79 Å². The number of rotatable bonds is 4. The molecule has 1 N–H and O–H groups in total. The van der Waals surface area contributed by atoms with Gasteiger partial charge >= 0.3 is 0 Å². The van der Waals surface area contributed by atoms with Gasteiger partial charge in [0.1, 0.15) is 0 Å². The van der Waals surface area contributed by atoms with Crippen molar-refractivity contribution >= 4 is 45.0 Å². The van der Waals surface area contributed by atoms with Gasteiger partial charge in [0.25, 0.3) is 5.91 Å². The molecule has 0 aliphatic carbocycles. The van der Waals surface area contributed by atoms with E-state index in [1.54, 1.807) is 18.2 Å². The third-order valence-corrected chi connectivity index (χ3v) is 3.72. The quantitative estimate of drug-likeness (QED) is 0.836. The molecule has 0 radical (unpaired) electrons. The molecule has 16 heavy (non-hydrogen) atoms. The number of hydrogen-bond acceptors (Lipinski definition) is 1. The molecular weight excluding hydrogens is 313 g/mol. The Morgan fingerprint density at radius 2 is 2.12 bits per heavy atom. The highest BCUT2D eigenvalue weighted by Gasteiger charge is 2.12. The third-order valence-electron chi connectivity index (χ3n) is 2.20. The molecule has 1 amide bonds. The van der Waals surface area contributed by atoms with Crippen LogP contribution in [0.15, 0.2) is 18.2 Å². The second-order valence-corrected chi connectivity index (χ2v) is 4.82. The summed E-state index contributed by atoms with van der Waals surface area (Å²) in [6.07, 6.45) is 0.873. The van der Waals surface area contributed by atoms with Gasteiger partial charge in [-0.05, 0) is 24.6 Å². The number of carbonyl (C=O) groups excluding carboxylic acids is 1. The summed E-state index contributed by atoms with van der Waals surface area (Å²) in [4.78, 5) is 11.8. The van der Waals surface area contributed by atoms with E-state index in [1.807, 2.05) is 6.92 Å². The molecule has 1 aromatic carbocycles. The van der Waals surface area contributed by atoms with Crippen LogP contribution >= 0.6 is 39.1 Å². The molecule has 1 atom stereocenters. The lowest BCUT2D eigenvalue weighted by Crippen LogP contribution is -2.35. The number of hydrogen-bond donors (Lipinski definition) is 1. The third kappa shape index (κ3) is 3.65. The maximum Gasteiger partial charge on any atom is 0.251 e. The van der Waals surface area contributed by atoms with Crippen LogP contribution < -0.4 is 5.32 Å². The molecule has 0 aromatic heterocycles. The van der Waals surface area contributed by atoms with E-state index >= 15 is 0 Å². The van der Waals surface area contributed by atoms with E-state index < -0.39 is 0 Å². The van der Waals surface area contributed by atoms with Crippen LogP contribution in [0, 0.1) is 0 Å². The van der Waals surface area contributed by atoms with Gasteiger partial charge in [0.2, 0.25) is 0 Å². The first-order valence-electron chi connectivity index (χ1n) is 4.90. The molecule has 0 saturated carbocycles. The monoisotopic (exact) mass is 323 g/mol. The topological polar surface area (TPSA) is 29.1 Å². The number of nitrogens with one attached hydrogen (secondary N) is 1. The Kier molecular flexibility index (Phi) is 5.59. The second-order valence-electron chi connectivity index (χ2n) is 3.36. The first kappa shape index (κ1) is 13.8. The lowest BCUT2D eigenvalue weighted by atomic mass is 10.2. The maximum absolute atomic E-state index is 11.8. The lowest BCUT2D eigenvalue weighted by molar-refractivity contribution is 0.0940. The SMILES string of the molecule is CCC(CBr)NC(=O)c1ccc(Cl)c(Cl)c1. The minimum absolute atomic E-state index is 0.127. The fraction of sp³-hybridized carbons (Fsp3) is 0.364. The zero-order valence-corrected chi connectivity index (χ0v) is 11.9. The highest BCUT2D eigenvalue weighted by molar-refractivity contribution is 9.09. The van der Waals surface area contributed by atoms with E-state index in [-0.39, 0.29) is 11.9 Å². The number of amides is 1. The molecule has 0 bridgehead atoms. The maximum atomic E-state index is 11.8. The van der Waals surface area contributed by atoms with E-state index in [0.29, 0.717) is 15.6 Å². The highest BCUT2D eigenvalue weighted by Crippen LogP contribution is 2.22. The van der Waals surface area contributed by atoms with Crippen molar-refractivity contribution in [3.63, 3.8) is 0 Å². The molecule has 0 saturated heterocycles. The minimum Gasteiger partial charge on any atom is -0.348 e. The van der Waals surface area contributed by atoms with Gasteiger partial charge in [0, 0.05) is 16.9 Å². The average molecular weight is 325 g/mol. The van der Waals surface area contributed by atoms with Crippen molar-refractivity contribution < 1.29 is 4.79 Å². The fourth-order valence-corrected chi connectivity index (χ4v) is 2.07. The van der Waals surface area contributed by atoms with Crippen LogP contribution in [0.5, 0.6) is 0 Å². The van der Waals surface area contributed by atoms with Gasteiger partial charge in [-0.2, -0.15) is 0 Å². The molecule has 0 aliphatic heterocycles. The van der Waals surface area contributed by atoms with Crippen molar-refractivity contribution in [2.24, 2.45) is 0 Å². The minimum atomic E-state index is -0.134. The Labute approximate surface area is 113 Å². The number of alkyl halides is 1. The summed E-state index contributed by atoms with van der Waals surface area (Å²) in [7, 11) is 0. The zero-order valence-electron chi connectivity index (χ0n) is 8.77. The van der Waals surface area contributed by atoms with Gasteiger partial charge in [-0.25, -0.2) is 0 Å². The number of carbonyl (C=O) groups is 1. The molecule has 1 aromatic rings. The van der Waals surface area contributed by atoms with Crippen molar-refractivity contribution in [1.29, 1.82) is 0 Å². The average Bonchev–Trinajstić information content (AvgIpc) is 2.29. The van der Waals surface area contributed by atoms with Crippen molar-refractivity contribution in [2.75, 3.05) is 5.33 Å². The van der Waals surface area contributed by atoms with Gasteiger partial charge in [-0.15, -0.1) is 0 Å². The molecule has 0 aliphatic rings. The summed E-state index contributed by atoms with van der Waals surface area (Å²) >= 11 is 15.0. The number of halogens is 3. The van der Waals surface area contributed by atoms with E-state index in [4.69, 9.17) is 23.2 Å². The summed E-state index contributed by atoms with van der Waals surface area (Å²) < 4.78 is 0. The Balaban J connectivity index is 2.76. The smallest absolute Gasteiger partial charge is 0.251 e. The molecule has 0 spiro atoms. The zero-order chi connectivity index (χ0) is 12.1. The largest absolute Gasteiger partial charge is 0.348 e. The second kappa shape index (κ2) is 6.48. The van der Waals surface area contributed by atoms with Crippen molar-refractivity contribution in [1.82, 2.24) is 5.32 Å². The standard InChI is InChI=1S/C11H12BrCl2NO/c1-2-8(6-12)15-11(16)7-3-4-9(13)10(14)5-7/h3-5,8H,2,6H2,1H3,(H,15,16). The highest BCUT2D eigenvalue weighted by atomic mass is 79.9. The van der Waals surface area contributed by atoms with Crippen LogP contribution in [0.3, 0.4) is 0 Å². The number of benzene rings is 1. The summed E-state index contributed by atoms with van der Waals surface area (Å²) in [5, 5.41) is 4.46. The Morgan fingerprint density at radius 1 is 1.44 bits per heavy atom. The van der Waals surface area contributed by atoms with E-state index in [2.05, 4.69) is 21.2 Å². The Hall–Kier alpha value is -0.250. The molecule has 0 heterocycles. The molecule has 2 nitrogen and oxygen atoms in total. The van der Waals surface area contributed by atoms with Crippen LogP contribution in [0.25, 0.3) is 0 Å². The summed E-state index contributed by atoms with van der Waals surface area (Å²) in [6.45, 7) is 2.01. The summed E-state index contributed by atoms with van der Waals surface area (Å²) in [5.74, 6) is -0.134. The Morgan fingerprint density at radius 3 is 2.62 bits per heavy atom. The molecule has 0 fully saturated rings. The Bertz CT molecular complexity index is 380. The van der Waals surface area contributed by atoms with Gasteiger partial charge in [-0.1, -0.05) is 46.1 Å². The van der Waals surface area contributed by atoms with Gasteiger partial charge in [-0.3, -0.25) is 4.79 Å². The molecule has 5 heteroatoms. The summed E-state index contributed by atoms with van der Waals surface area (Å²) in [5.41, 5.74) is 0.522. The molecule has 88 valence electrons. The molecular formula is C11H12BrCl2NO. The van der Waals surface area contributed by atoms with Crippen molar-refractivity contribution in [3.05, 3.63) is 33.8 Å². The van der Waals surface area contributed by atoms with Crippen LogP contribution in [0.4, 0.5) is 0 Å². The van der Waals surface area contributed by atoms with Gasteiger partial charge in [0.05, 0.1) is 10.0 Å². The van der Waals surface area contributed by atoms with Crippen LogP contribution in [0.2, 0.25) is 10.0 Å². The van der Waals surface area contributed by atoms with Gasteiger partial charge in [0.15, 0.2) is 0 Å². The fourth-order valence-electron chi connectivity index (χ4n) is 1.16. The normalized spacial score (nSPS) is 12.2. The predicted octanol–water partition coefficient (Wildman–Crippen LogP) is 3.90. The van der Waals surface area contributed by atoms with Crippen LogP contribution in [-0.4, -0.2) is 17.3 Å². The van der Waals surface area contributed by atoms with Crippen molar-refractivity contribution in [3.8, 4) is 0 Å². The van der Waals surface area contributed by atoms with E-state index in [1.165, 1.54) is 0 Å². The van der Waals surface area contributed by atoms with Crippen LogP contribution in [-0.2, 0) is 0 Å². The van der Waals surface area contributed by atoms with Crippen LogP contribution in [0.1, 0.15) is 23.7 Å². The molecule has 1 rings (SSSR count). The first-order chi connectivity index (χ1) is 7.58. The first-order valence-corrected chi connectivity index (χ1v) is 6.78. The molecule has 1 unspecified atom stereocenters. The lowest BCUT2D eigenvalue weighted by Gasteiger charge is -2.14. The van der Waals surface area contributed by atoms with Gasteiger partial charge < -0.3 is 5.32 Å². The van der Waals surface area contributed by atoms with Crippen molar-refractivity contribution in [2.45, 2.75) is 19.4 Å². The predicted molar refractivity (Wildman–Crippen MR) is 71.8 cm³/mol. The summed E-state index contributed by atoms with van der Waals surface area (Å²) in [6, 6.07) is 4.97. The van der Waals surface area contributed by atoms with E-state index in [0.717, 1.165) is 11.8 Å².